The molecule has 0 aliphatic carbocycles. The Morgan fingerprint density at radius 2 is 1.87 bits per heavy atom. The molecule has 0 atom stereocenters. The Morgan fingerprint density at radius 3 is 2.55 bits per heavy atom. The van der Waals surface area contributed by atoms with Gasteiger partial charge < -0.3 is 19.3 Å². The maximum absolute atomic E-state index is 9.83. The lowest BCUT2D eigenvalue weighted by Crippen LogP contribution is -2.13. The van der Waals surface area contributed by atoms with Gasteiger partial charge in [-0.15, -0.1) is 11.3 Å². The smallest absolute Gasteiger partial charge is 0.206 e. The van der Waals surface area contributed by atoms with Crippen molar-refractivity contribution in [2.45, 2.75) is 6.92 Å². The molecule has 0 spiro atoms. The lowest BCUT2D eigenvalue weighted by atomic mass is 10.1. The molecule has 3 rings (SSSR count). The van der Waals surface area contributed by atoms with E-state index in [0.717, 1.165) is 22.4 Å². The molecule has 0 saturated carbocycles. The quantitative estimate of drug-likeness (QED) is 0.419. The third-order valence-electron chi connectivity index (χ3n) is 4.38. The number of phenolic OH excluding ortho intramolecular Hbond substituents is 1. The number of phenols is 1. The fraction of sp³-hybridized carbons (Fsp3) is 0.217. The number of aromatic hydroxyl groups is 1. The van der Waals surface area contributed by atoms with Gasteiger partial charge in [-0.3, -0.25) is 4.99 Å². The van der Waals surface area contributed by atoms with E-state index >= 15 is 0 Å². The molecule has 0 bridgehead atoms. The van der Waals surface area contributed by atoms with Crippen LogP contribution in [0.15, 0.2) is 64.0 Å². The second-order valence-corrected chi connectivity index (χ2v) is 7.57. The van der Waals surface area contributed by atoms with Crippen LogP contribution in [0.5, 0.6) is 23.0 Å². The zero-order valence-corrected chi connectivity index (χ0v) is 18.8. The van der Waals surface area contributed by atoms with Crippen molar-refractivity contribution >= 4 is 17.6 Å². The lowest BCUT2D eigenvalue weighted by molar-refractivity contribution is 0.373. The van der Waals surface area contributed by atoms with E-state index in [1.54, 1.807) is 43.3 Å². The average molecular weight is 440 g/mol. The van der Waals surface area contributed by atoms with E-state index in [9.17, 15) is 5.11 Å². The van der Waals surface area contributed by atoms with Gasteiger partial charge in [0.1, 0.15) is 11.5 Å². The van der Waals surface area contributed by atoms with Crippen molar-refractivity contribution < 1.29 is 19.3 Å². The predicted molar refractivity (Wildman–Crippen MR) is 124 cm³/mol. The number of nitrogens with zero attached hydrogens (tertiary/aromatic N) is 3. The number of aromatic nitrogens is 1. The third-order valence-corrected chi connectivity index (χ3v) is 5.23. The maximum Gasteiger partial charge on any atom is 0.206 e. The van der Waals surface area contributed by atoms with Gasteiger partial charge >= 0.3 is 0 Å². The van der Waals surface area contributed by atoms with Gasteiger partial charge in [0.25, 0.3) is 0 Å². The summed E-state index contributed by atoms with van der Waals surface area (Å²) in [6.07, 6.45) is 1.69. The molecule has 0 amide bonds. The molecule has 0 radical (unpaired) electrons. The summed E-state index contributed by atoms with van der Waals surface area (Å²) in [6.45, 7) is 6.35. The fourth-order valence-corrected chi connectivity index (χ4v) is 3.65. The molecule has 0 aliphatic heterocycles. The van der Waals surface area contributed by atoms with Gasteiger partial charge in [-0.05, 0) is 48.9 Å². The molecular formula is C23H25N3O4S. The molecule has 3 aromatic rings. The standard InChI is InChI=1S/C23H25N3O4S/c1-15(2)12-24-23-26(25-13-16-6-8-20(27)22(10-16)30-5)19(14-31-23)18-11-17(28-3)7-9-21(18)29-4/h6-11,13-14,27H,1,12H2,2-5H3. The molecule has 0 fully saturated rings. The first-order chi connectivity index (χ1) is 15.0. The van der Waals surface area contributed by atoms with Gasteiger partial charge in [-0.2, -0.15) is 5.10 Å². The zero-order chi connectivity index (χ0) is 22.4. The minimum atomic E-state index is 0.0711. The van der Waals surface area contributed by atoms with Crippen molar-refractivity contribution in [3.05, 3.63) is 64.3 Å². The van der Waals surface area contributed by atoms with Crippen LogP contribution in [0.1, 0.15) is 12.5 Å². The van der Waals surface area contributed by atoms with Gasteiger partial charge in [-0.1, -0.05) is 12.2 Å². The van der Waals surface area contributed by atoms with Crippen LogP contribution < -0.4 is 19.0 Å². The van der Waals surface area contributed by atoms with Crippen LogP contribution in [0.2, 0.25) is 0 Å². The molecule has 162 valence electrons. The van der Waals surface area contributed by atoms with Crippen molar-refractivity contribution in [3.8, 4) is 34.3 Å². The van der Waals surface area contributed by atoms with Crippen LogP contribution in [0.3, 0.4) is 0 Å². The first-order valence-electron chi connectivity index (χ1n) is 9.46. The lowest BCUT2D eigenvalue weighted by Gasteiger charge is -2.11. The van der Waals surface area contributed by atoms with Gasteiger partial charge in [0, 0.05) is 10.9 Å². The highest BCUT2D eigenvalue weighted by Gasteiger charge is 2.14. The molecule has 1 heterocycles. The molecule has 8 heteroatoms. The summed E-state index contributed by atoms with van der Waals surface area (Å²) in [5.74, 6) is 1.85. The molecule has 31 heavy (non-hydrogen) atoms. The van der Waals surface area contributed by atoms with Crippen LogP contribution in [0.25, 0.3) is 11.3 Å². The maximum atomic E-state index is 9.83. The predicted octanol–water partition coefficient (Wildman–Crippen LogP) is 4.31. The highest BCUT2D eigenvalue weighted by molar-refractivity contribution is 7.07. The van der Waals surface area contributed by atoms with Crippen LogP contribution in [-0.4, -0.2) is 43.9 Å². The van der Waals surface area contributed by atoms with E-state index in [2.05, 4.69) is 16.7 Å². The largest absolute Gasteiger partial charge is 0.504 e. The second-order valence-electron chi connectivity index (χ2n) is 6.73. The van der Waals surface area contributed by atoms with Crippen LogP contribution in [0.4, 0.5) is 0 Å². The number of methoxy groups -OCH3 is 3. The van der Waals surface area contributed by atoms with Crippen LogP contribution in [-0.2, 0) is 0 Å². The monoisotopic (exact) mass is 439 g/mol. The second kappa shape index (κ2) is 9.99. The van der Waals surface area contributed by atoms with E-state index in [1.165, 1.54) is 18.4 Å². The topological polar surface area (TPSA) is 77.6 Å². The minimum Gasteiger partial charge on any atom is -0.504 e. The number of hydrogen-bond donors (Lipinski definition) is 1. The highest BCUT2D eigenvalue weighted by Crippen LogP contribution is 2.34. The SMILES string of the molecule is C=C(C)CN=c1scc(-c2cc(OC)ccc2OC)n1N=Cc1ccc(O)c(OC)c1. The molecule has 2 aromatic carbocycles. The molecule has 1 aromatic heterocycles. The van der Waals surface area contributed by atoms with Crippen molar-refractivity contribution in [3.63, 3.8) is 0 Å². The number of rotatable bonds is 8. The van der Waals surface area contributed by atoms with Crippen molar-refractivity contribution in [2.75, 3.05) is 27.9 Å². The Labute approximate surface area is 185 Å². The number of hydrogen-bond acceptors (Lipinski definition) is 7. The summed E-state index contributed by atoms with van der Waals surface area (Å²) in [4.78, 5) is 5.35. The van der Waals surface area contributed by atoms with Crippen LogP contribution >= 0.6 is 11.3 Å². The van der Waals surface area contributed by atoms with Crippen molar-refractivity contribution in [2.24, 2.45) is 10.1 Å². The summed E-state index contributed by atoms with van der Waals surface area (Å²) >= 11 is 1.47. The highest BCUT2D eigenvalue weighted by atomic mass is 32.1. The molecule has 7 nitrogen and oxygen atoms in total. The minimum absolute atomic E-state index is 0.0711. The third kappa shape index (κ3) is 5.16. The normalized spacial score (nSPS) is 11.7. The number of thiazole rings is 1. The van der Waals surface area contributed by atoms with E-state index in [4.69, 9.17) is 14.2 Å². The molecule has 0 aliphatic rings. The average Bonchev–Trinajstić information content (AvgIpc) is 3.19. The van der Waals surface area contributed by atoms with E-state index in [0.29, 0.717) is 28.6 Å². The summed E-state index contributed by atoms with van der Waals surface area (Å²) in [7, 11) is 4.75. The van der Waals surface area contributed by atoms with E-state index < -0.39 is 0 Å². The Balaban J connectivity index is 2.15. The molecule has 0 unspecified atom stereocenters. The Bertz CT molecular complexity index is 1180. The first kappa shape index (κ1) is 22.2. The zero-order valence-electron chi connectivity index (χ0n) is 18.0. The first-order valence-corrected chi connectivity index (χ1v) is 10.3. The number of benzene rings is 2. The van der Waals surface area contributed by atoms with Crippen molar-refractivity contribution in [1.29, 1.82) is 0 Å². The van der Waals surface area contributed by atoms with Gasteiger partial charge in [-0.25, -0.2) is 4.68 Å². The van der Waals surface area contributed by atoms with Gasteiger partial charge in [0.2, 0.25) is 4.80 Å². The summed E-state index contributed by atoms with van der Waals surface area (Å²) in [6, 6.07) is 10.6. The Hall–Kier alpha value is -3.52. The molecular weight excluding hydrogens is 414 g/mol. The molecule has 0 saturated heterocycles. The number of ether oxygens (including phenoxy) is 3. The van der Waals surface area contributed by atoms with Crippen molar-refractivity contribution in [1.82, 2.24) is 4.68 Å². The van der Waals surface area contributed by atoms with Gasteiger partial charge in [0.05, 0.1) is 39.8 Å². The Kier molecular flexibility index (Phi) is 7.15. The van der Waals surface area contributed by atoms with E-state index in [-0.39, 0.29) is 5.75 Å². The summed E-state index contributed by atoms with van der Waals surface area (Å²) < 4.78 is 17.9. The fourth-order valence-electron chi connectivity index (χ4n) is 2.82. The summed E-state index contributed by atoms with van der Waals surface area (Å²) in [5.41, 5.74) is 3.36. The summed E-state index contributed by atoms with van der Waals surface area (Å²) in [5, 5.41) is 16.5. The molecule has 1 N–H and O–H groups in total. The van der Waals surface area contributed by atoms with E-state index in [1.807, 2.05) is 30.5 Å². The Morgan fingerprint density at radius 1 is 1.10 bits per heavy atom. The van der Waals surface area contributed by atoms with Crippen LogP contribution in [0, 0.1) is 0 Å². The van der Waals surface area contributed by atoms with Gasteiger partial charge in [0.15, 0.2) is 11.5 Å².